The van der Waals surface area contributed by atoms with Gasteiger partial charge in [0, 0.05) is 17.3 Å². The molecule has 2 aromatic rings. The van der Waals surface area contributed by atoms with E-state index in [1.807, 2.05) is 62.2 Å². The van der Waals surface area contributed by atoms with Crippen LogP contribution in [0, 0.1) is 13.8 Å². The van der Waals surface area contributed by atoms with Crippen LogP contribution in [0.1, 0.15) is 16.7 Å². The summed E-state index contributed by atoms with van der Waals surface area (Å²) < 4.78 is 0. The molecular weight excluding hydrogens is 296 g/mol. The molecule has 0 aliphatic carbocycles. The van der Waals surface area contributed by atoms with Crippen LogP contribution in [0.3, 0.4) is 0 Å². The highest BCUT2D eigenvalue weighted by atomic mass is 35.5. The SMILES string of the molecule is Cc1cc(C)cc(NC(=O)CN(C)Cc2ccc(Cl)cc2)c1. The van der Waals surface area contributed by atoms with Crippen LogP contribution in [0.15, 0.2) is 42.5 Å². The summed E-state index contributed by atoms with van der Waals surface area (Å²) in [6, 6.07) is 13.7. The van der Waals surface area contributed by atoms with Gasteiger partial charge >= 0.3 is 0 Å². The van der Waals surface area contributed by atoms with Crippen molar-refractivity contribution in [1.29, 1.82) is 0 Å². The number of anilines is 1. The maximum Gasteiger partial charge on any atom is 0.238 e. The van der Waals surface area contributed by atoms with Crippen molar-refractivity contribution in [3.8, 4) is 0 Å². The zero-order valence-corrected chi connectivity index (χ0v) is 13.9. The largest absolute Gasteiger partial charge is 0.325 e. The molecule has 3 nitrogen and oxygen atoms in total. The summed E-state index contributed by atoms with van der Waals surface area (Å²) in [6.07, 6.45) is 0. The zero-order valence-electron chi connectivity index (χ0n) is 13.2. The third kappa shape index (κ3) is 5.17. The van der Waals surface area contributed by atoms with Gasteiger partial charge in [-0.3, -0.25) is 9.69 Å². The van der Waals surface area contributed by atoms with Crippen LogP contribution < -0.4 is 5.32 Å². The first-order valence-corrected chi connectivity index (χ1v) is 7.61. The molecule has 0 spiro atoms. The molecule has 0 aromatic heterocycles. The Bertz CT molecular complexity index is 632. The Kier molecular flexibility index (Phi) is 5.58. The Labute approximate surface area is 136 Å². The number of aryl methyl sites for hydroxylation is 2. The molecule has 0 radical (unpaired) electrons. The molecule has 0 fully saturated rings. The molecule has 0 unspecified atom stereocenters. The van der Waals surface area contributed by atoms with Crippen molar-refractivity contribution in [1.82, 2.24) is 4.90 Å². The number of nitrogens with one attached hydrogen (secondary N) is 1. The summed E-state index contributed by atoms with van der Waals surface area (Å²) in [6.45, 7) is 5.09. The van der Waals surface area contributed by atoms with E-state index in [4.69, 9.17) is 11.6 Å². The number of likely N-dealkylation sites (N-methyl/N-ethyl adjacent to an activating group) is 1. The van der Waals surface area contributed by atoms with E-state index in [2.05, 4.69) is 11.4 Å². The zero-order chi connectivity index (χ0) is 16.1. The van der Waals surface area contributed by atoms with Gasteiger partial charge in [0.2, 0.25) is 5.91 Å². The highest BCUT2D eigenvalue weighted by Gasteiger charge is 2.08. The molecular formula is C18H21ClN2O. The second kappa shape index (κ2) is 7.43. The number of rotatable bonds is 5. The van der Waals surface area contributed by atoms with Crippen LogP contribution in [0.4, 0.5) is 5.69 Å². The van der Waals surface area contributed by atoms with Gasteiger partial charge in [0.25, 0.3) is 0 Å². The van der Waals surface area contributed by atoms with Crippen molar-refractivity contribution in [2.45, 2.75) is 20.4 Å². The number of hydrogen-bond acceptors (Lipinski definition) is 2. The Morgan fingerprint density at radius 2 is 1.68 bits per heavy atom. The van der Waals surface area contributed by atoms with Crippen LogP contribution in [0.5, 0.6) is 0 Å². The summed E-state index contributed by atoms with van der Waals surface area (Å²) in [7, 11) is 1.93. The van der Waals surface area contributed by atoms with Crippen LogP contribution in [0.25, 0.3) is 0 Å². The average Bonchev–Trinajstić information content (AvgIpc) is 2.39. The quantitative estimate of drug-likeness (QED) is 0.903. The standard InChI is InChI=1S/C18H21ClN2O/c1-13-8-14(2)10-17(9-13)20-18(22)12-21(3)11-15-4-6-16(19)7-5-15/h4-10H,11-12H2,1-3H3,(H,20,22). The predicted molar refractivity (Wildman–Crippen MR) is 92.3 cm³/mol. The van der Waals surface area contributed by atoms with E-state index in [1.54, 1.807) is 0 Å². The van der Waals surface area contributed by atoms with Gasteiger partial charge in [-0.1, -0.05) is 29.8 Å². The predicted octanol–water partition coefficient (Wildman–Crippen LogP) is 4.03. The van der Waals surface area contributed by atoms with Gasteiger partial charge in [0.15, 0.2) is 0 Å². The van der Waals surface area contributed by atoms with Crippen molar-refractivity contribution in [3.63, 3.8) is 0 Å². The average molecular weight is 317 g/mol. The highest BCUT2D eigenvalue weighted by molar-refractivity contribution is 6.30. The van der Waals surface area contributed by atoms with E-state index >= 15 is 0 Å². The van der Waals surface area contributed by atoms with Gasteiger partial charge < -0.3 is 5.32 Å². The Morgan fingerprint density at radius 1 is 1.09 bits per heavy atom. The van der Waals surface area contributed by atoms with Crippen molar-refractivity contribution in [2.75, 3.05) is 18.9 Å². The van der Waals surface area contributed by atoms with Gasteiger partial charge in [0.05, 0.1) is 6.54 Å². The lowest BCUT2D eigenvalue weighted by Gasteiger charge is -2.16. The maximum absolute atomic E-state index is 12.1. The van der Waals surface area contributed by atoms with Gasteiger partial charge in [-0.25, -0.2) is 0 Å². The molecule has 0 atom stereocenters. The number of carbonyl (C=O) groups excluding carboxylic acids is 1. The molecule has 22 heavy (non-hydrogen) atoms. The summed E-state index contributed by atoms with van der Waals surface area (Å²) >= 11 is 5.87. The third-order valence-electron chi connectivity index (χ3n) is 3.28. The highest BCUT2D eigenvalue weighted by Crippen LogP contribution is 2.14. The molecule has 0 saturated heterocycles. The summed E-state index contributed by atoms with van der Waals surface area (Å²) in [5, 5.41) is 3.67. The van der Waals surface area contributed by atoms with Crippen molar-refractivity contribution in [3.05, 3.63) is 64.2 Å². The van der Waals surface area contributed by atoms with E-state index in [9.17, 15) is 4.79 Å². The maximum atomic E-state index is 12.1. The molecule has 1 N–H and O–H groups in total. The van der Waals surface area contributed by atoms with Crippen LogP contribution in [0.2, 0.25) is 5.02 Å². The Hall–Kier alpha value is -1.84. The Balaban J connectivity index is 1.89. The monoisotopic (exact) mass is 316 g/mol. The van der Waals surface area contributed by atoms with Crippen molar-refractivity contribution in [2.24, 2.45) is 0 Å². The Morgan fingerprint density at radius 3 is 2.27 bits per heavy atom. The summed E-state index contributed by atoms with van der Waals surface area (Å²) in [5.41, 5.74) is 4.27. The summed E-state index contributed by atoms with van der Waals surface area (Å²) in [4.78, 5) is 14.1. The molecule has 0 aliphatic heterocycles. The fourth-order valence-corrected chi connectivity index (χ4v) is 2.58. The third-order valence-corrected chi connectivity index (χ3v) is 3.54. The molecule has 2 rings (SSSR count). The lowest BCUT2D eigenvalue weighted by atomic mass is 10.1. The van der Waals surface area contributed by atoms with Crippen molar-refractivity contribution < 1.29 is 4.79 Å². The lowest BCUT2D eigenvalue weighted by molar-refractivity contribution is -0.117. The first-order valence-electron chi connectivity index (χ1n) is 7.23. The summed E-state index contributed by atoms with van der Waals surface area (Å²) in [5.74, 6) is -0.0125. The van der Waals surface area contributed by atoms with E-state index in [1.165, 1.54) is 0 Å². The molecule has 1 amide bonds. The second-order valence-electron chi connectivity index (χ2n) is 5.72. The second-order valence-corrected chi connectivity index (χ2v) is 6.16. The van der Waals surface area contributed by atoms with E-state index in [0.717, 1.165) is 27.4 Å². The number of amides is 1. The van der Waals surface area contributed by atoms with Crippen molar-refractivity contribution >= 4 is 23.2 Å². The number of carbonyl (C=O) groups is 1. The van der Waals surface area contributed by atoms with Crippen LogP contribution in [-0.4, -0.2) is 24.4 Å². The minimum Gasteiger partial charge on any atom is -0.325 e. The molecule has 0 bridgehead atoms. The minimum absolute atomic E-state index is 0.0125. The smallest absolute Gasteiger partial charge is 0.238 e. The molecule has 0 aliphatic rings. The molecule has 0 saturated carbocycles. The van der Waals surface area contributed by atoms with Gasteiger partial charge in [-0.15, -0.1) is 0 Å². The number of halogens is 1. The first-order chi connectivity index (χ1) is 10.4. The van der Waals surface area contributed by atoms with Gasteiger partial charge in [-0.2, -0.15) is 0 Å². The molecule has 116 valence electrons. The topological polar surface area (TPSA) is 32.3 Å². The number of hydrogen-bond donors (Lipinski definition) is 1. The normalized spacial score (nSPS) is 10.8. The molecule has 4 heteroatoms. The lowest BCUT2D eigenvalue weighted by Crippen LogP contribution is -2.29. The first kappa shape index (κ1) is 16.5. The number of benzene rings is 2. The van der Waals surface area contributed by atoms with Crippen LogP contribution >= 0.6 is 11.6 Å². The number of nitrogens with zero attached hydrogens (tertiary/aromatic N) is 1. The van der Waals surface area contributed by atoms with E-state index < -0.39 is 0 Å². The van der Waals surface area contributed by atoms with Gasteiger partial charge in [-0.05, 0) is 61.9 Å². The van der Waals surface area contributed by atoms with E-state index in [0.29, 0.717) is 13.1 Å². The fraction of sp³-hybridized carbons (Fsp3) is 0.278. The fourth-order valence-electron chi connectivity index (χ4n) is 2.45. The van der Waals surface area contributed by atoms with Crippen LogP contribution in [-0.2, 0) is 11.3 Å². The minimum atomic E-state index is -0.0125. The molecule has 2 aromatic carbocycles. The van der Waals surface area contributed by atoms with E-state index in [-0.39, 0.29) is 5.91 Å². The molecule has 0 heterocycles. The van der Waals surface area contributed by atoms with Gasteiger partial charge in [0.1, 0.15) is 0 Å².